The normalized spacial score (nSPS) is 11.5. The smallest absolute Gasteiger partial charge is 0.261 e. The van der Waals surface area contributed by atoms with Gasteiger partial charge in [0.15, 0.2) is 0 Å². The highest BCUT2D eigenvalue weighted by Gasteiger charge is 2.18. The fourth-order valence-corrected chi connectivity index (χ4v) is 3.87. The molecule has 0 unspecified atom stereocenters. The summed E-state index contributed by atoms with van der Waals surface area (Å²) in [5, 5.41) is 7.54. The van der Waals surface area contributed by atoms with Crippen LogP contribution in [0.4, 0.5) is 5.69 Å². The van der Waals surface area contributed by atoms with E-state index in [1.54, 1.807) is 6.07 Å². The molecular weight excluding hydrogens is 344 g/mol. The summed E-state index contributed by atoms with van der Waals surface area (Å²) in [6.45, 7) is 0.318. The Kier molecular flexibility index (Phi) is 4.54. The summed E-state index contributed by atoms with van der Waals surface area (Å²) in [5.41, 5.74) is 5.86. The van der Waals surface area contributed by atoms with Crippen LogP contribution in [0.15, 0.2) is 60.0 Å². The lowest BCUT2D eigenvalue weighted by atomic mass is 10.1. The minimum atomic E-state index is -0.136. The monoisotopic (exact) mass is 362 g/mol. The number of thiophene rings is 1. The van der Waals surface area contributed by atoms with Crippen LogP contribution in [0, 0.1) is 0 Å². The van der Waals surface area contributed by atoms with Crippen LogP contribution in [0.25, 0.3) is 11.1 Å². The summed E-state index contributed by atoms with van der Waals surface area (Å²) >= 11 is 1.39. The standard InChI is InChI=1S/C21H18N2O2S/c24-20(9-10-22-21(25)19-6-3-11-26-19)23-16-7-8-18-15(13-16)12-14-4-1-2-5-17(14)18/h1-8,11,13H,9-10,12H2,(H,22,25)(H,23,24). The van der Waals surface area contributed by atoms with Crippen LogP contribution in [0.1, 0.15) is 27.2 Å². The first-order valence-corrected chi connectivity index (χ1v) is 9.41. The summed E-state index contributed by atoms with van der Waals surface area (Å²) in [7, 11) is 0. The number of hydrogen-bond acceptors (Lipinski definition) is 3. The summed E-state index contributed by atoms with van der Waals surface area (Å²) in [4.78, 5) is 24.6. The van der Waals surface area contributed by atoms with Gasteiger partial charge in [-0.2, -0.15) is 0 Å². The van der Waals surface area contributed by atoms with Crippen molar-refractivity contribution in [2.45, 2.75) is 12.8 Å². The molecule has 1 heterocycles. The van der Waals surface area contributed by atoms with Crippen molar-refractivity contribution >= 4 is 28.8 Å². The van der Waals surface area contributed by atoms with Crippen molar-refractivity contribution in [3.8, 4) is 11.1 Å². The molecule has 0 saturated carbocycles. The van der Waals surface area contributed by atoms with E-state index in [0.29, 0.717) is 11.4 Å². The molecule has 2 aromatic carbocycles. The summed E-state index contributed by atoms with van der Waals surface area (Å²) in [5.74, 6) is -0.241. The van der Waals surface area contributed by atoms with Crippen LogP contribution in [-0.2, 0) is 11.2 Å². The lowest BCUT2D eigenvalue weighted by molar-refractivity contribution is -0.116. The average Bonchev–Trinajstić information content (AvgIpc) is 3.29. The Balaban J connectivity index is 1.33. The van der Waals surface area contributed by atoms with Gasteiger partial charge in [0, 0.05) is 18.7 Å². The molecule has 4 nitrogen and oxygen atoms in total. The number of carbonyl (C=O) groups is 2. The molecule has 0 radical (unpaired) electrons. The van der Waals surface area contributed by atoms with Gasteiger partial charge in [0.1, 0.15) is 0 Å². The van der Waals surface area contributed by atoms with Crippen molar-refractivity contribution in [3.05, 3.63) is 76.0 Å². The van der Waals surface area contributed by atoms with Crippen molar-refractivity contribution in [2.24, 2.45) is 0 Å². The van der Waals surface area contributed by atoms with Gasteiger partial charge in [0.05, 0.1) is 4.88 Å². The maximum absolute atomic E-state index is 12.1. The highest BCUT2D eigenvalue weighted by Crippen LogP contribution is 2.37. The molecule has 0 bridgehead atoms. The van der Waals surface area contributed by atoms with E-state index in [2.05, 4.69) is 34.9 Å². The van der Waals surface area contributed by atoms with Crippen LogP contribution in [-0.4, -0.2) is 18.4 Å². The van der Waals surface area contributed by atoms with Gasteiger partial charge in [0.2, 0.25) is 5.91 Å². The zero-order chi connectivity index (χ0) is 17.9. The van der Waals surface area contributed by atoms with Gasteiger partial charge >= 0.3 is 0 Å². The van der Waals surface area contributed by atoms with Crippen molar-refractivity contribution in [2.75, 3.05) is 11.9 Å². The van der Waals surface area contributed by atoms with Crippen LogP contribution in [0.3, 0.4) is 0 Å². The number of nitrogens with one attached hydrogen (secondary N) is 2. The van der Waals surface area contributed by atoms with E-state index >= 15 is 0 Å². The van der Waals surface area contributed by atoms with Crippen LogP contribution < -0.4 is 10.6 Å². The third-order valence-electron chi connectivity index (χ3n) is 4.46. The second-order valence-electron chi connectivity index (χ2n) is 6.24. The predicted octanol–water partition coefficient (Wildman–Crippen LogP) is 4.08. The predicted molar refractivity (Wildman–Crippen MR) is 105 cm³/mol. The minimum absolute atomic E-state index is 0.105. The largest absolute Gasteiger partial charge is 0.351 e. The lowest BCUT2D eigenvalue weighted by Gasteiger charge is -2.08. The average molecular weight is 362 g/mol. The van der Waals surface area contributed by atoms with Crippen molar-refractivity contribution in [1.82, 2.24) is 5.32 Å². The Bertz CT molecular complexity index is 964. The Hall–Kier alpha value is -2.92. The lowest BCUT2D eigenvalue weighted by Crippen LogP contribution is -2.27. The van der Waals surface area contributed by atoms with E-state index in [1.807, 2.05) is 29.6 Å². The second-order valence-corrected chi connectivity index (χ2v) is 7.18. The first kappa shape index (κ1) is 16.5. The summed E-state index contributed by atoms with van der Waals surface area (Å²) < 4.78 is 0. The van der Waals surface area contributed by atoms with E-state index in [9.17, 15) is 9.59 Å². The second kappa shape index (κ2) is 7.14. The fourth-order valence-electron chi connectivity index (χ4n) is 3.23. The van der Waals surface area contributed by atoms with Crippen LogP contribution in [0.2, 0.25) is 0 Å². The van der Waals surface area contributed by atoms with Crippen LogP contribution >= 0.6 is 11.3 Å². The fraction of sp³-hybridized carbons (Fsp3) is 0.143. The van der Waals surface area contributed by atoms with Gasteiger partial charge in [-0.25, -0.2) is 0 Å². The molecule has 26 heavy (non-hydrogen) atoms. The van der Waals surface area contributed by atoms with E-state index < -0.39 is 0 Å². The van der Waals surface area contributed by atoms with Crippen molar-refractivity contribution in [3.63, 3.8) is 0 Å². The maximum Gasteiger partial charge on any atom is 0.261 e. The van der Waals surface area contributed by atoms with Gasteiger partial charge in [0.25, 0.3) is 5.91 Å². The molecule has 1 aliphatic carbocycles. The molecule has 1 aromatic heterocycles. The number of hydrogen-bond donors (Lipinski definition) is 2. The minimum Gasteiger partial charge on any atom is -0.351 e. The summed E-state index contributed by atoms with van der Waals surface area (Å²) in [6, 6.07) is 18.0. The molecule has 1 aliphatic rings. The Morgan fingerprint density at radius 1 is 0.962 bits per heavy atom. The zero-order valence-corrected chi connectivity index (χ0v) is 14.9. The molecule has 0 atom stereocenters. The maximum atomic E-state index is 12.1. The zero-order valence-electron chi connectivity index (χ0n) is 14.1. The molecule has 5 heteroatoms. The highest BCUT2D eigenvalue weighted by atomic mass is 32.1. The first-order valence-electron chi connectivity index (χ1n) is 8.53. The quantitative estimate of drug-likeness (QED) is 0.562. The van der Waals surface area contributed by atoms with E-state index in [0.717, 1.165) is 12.1 Å². The number of rotatable bonds is 5. The molecule has 0 fully saturated rings. The highest BCUT2D eigenvalue weighted by molar-refractivity contribution is 7.12. The van der Waals surface area contributed by atoms with E-state index in [-0.39, 0.29) is 18.2 Å². The molecule has 4 rings (SSSR count). The van der Waals surface area contributed by atoms with Gasteiger partial charge < -0.3 is 10.6 Å². The number of fused-ring (bicyclic) bond motifs is 3. The topological polar surface area (TPSA) is 58.2 Å². The number of amides is 2. The Labute approximate surface area is 155 Å². The first-order chi connectivity index (χ1) is 12.7. The number of carbonyl (C=O) groups excluding carboxylic acids is 2. The molecular formula is C21H18N2O2S. The number of benzene rings is 2. The van der Waals surface area contributed by atoms with Crippen molar-refractivity contribution < 1.29 is 9.59 Å². The third kappa shape index (κ3) is 3.39. The molecule has 3 aromatic rings. The Morgan fingerprint density at radius 2 is 1.81 bits per heavy atom. The van der Waals surface area contributed by atoms with Gasteiger partial charge in [-0.3, -0.25) is 9.59 Å². The van der Waals surface area contributed by atoms with Gasteiger partial charge in [-0.15, -0.1) is 11.3 Å². The molecule has 130 valence electrons. The molecule has 0 aliphatic heterocycles. The molecule has 2 N–H and O–H groups in total. The summed E-state index contributed by atoms with van der Waals surface area (Å²) in [6.07, 6.45) is 1.14. The van der Waals surface area contributed by atoms with E-state index in [1.165, 1.54) is 33.6 Å². The van der Waals surface area contributed by atoms with Crippen LogP contribution in [0.5, 0.6) is 0 Å². The van der Waals surface area contributed by atoms with Gasteiger partial charge in [-0.05, 0) is 52.3 Å². The van der Waals surface area contributed by atoms with Crippen molar-refractivity contribution in [1.29, 1.82) is 0 Å². The molecule has 0 spiro atoms. The molecule has 2 amide bonds. The third-order valence-corrected chi connectivity index (χ3v) is 5.33. The van der Waals surface area contributed by atoms with Gasteiger partial charge in [-0.1, -0.05) is 36.4 Å². The Morgan fingerprint density at radius 3 is 2.65 bits per heavy atom. The number of anilines is 1. The molecule has 0 saturated heterocycles. The SMILES string of the molecule is O=C(CCNC(=O)c1cccs1)Nc1ccc2c(c1)Cc1ccccc1-2. The van der Waals surface area contributed by atoms with E-state index in [4.69, 9.17) is 0 Å².